The number of likely N-dealkylation sites (N-methyl/N-ethyl adjacent to an activating group) is 1. The predicted octanol–water partition coefficient (Wildman–Crippen LogP) is 2.45. The van der Waals surface area contributed by atoms with Gasteiger partial charge in [-0.1, -0.05) is 0 Å². The van der Waals surface area contributed by atoms with Crippen LogP contribution in [-0.2, 0) is 9.47 Å². The fourth-order valence-corrected chi connectivity index (χ4v) is 2.63. The highest BCUT2D eigenvalue weighted by molar-refractivity contribution is 14.0. The monoisotopic (exact) mass is 482 g/mol. The number of aliphatic imine (C=N–C) groups is 1. The van der Waals surface area contributed by atoms with E-state index in [-0.39, 0.29) is 36.1 Å². The van der Waals surface area contributed by atoms with Crippen molar-refractivity contribution in [3.05, 3.63) is 0 Å². The third-order valence-corrected chi connectivity index (χ3v) is 4.53. The number of carbonyl (C=O) groups is 1. The van der Waals surface area contributed by atoms with Crippen molar-refractivity contribution in [3.63, 3.8) is 0 Å². The number of guanidine groups is 1. The Hall–Kier alpha value is -0.770. The Morgan fingerprint density at radius 2 is 2.00 bits per heavy atom. The number of nitrogens with zero attached hydrogens (tertiary/aromatic N) is 2. The molecule has 2 N–H and O–H groups in total. The van der Waals surface area contributed by atoms with E-state index in [4.69, 9.17) is 14.5 Å². The van der Waals surface area contributed by atoms with Crippen LogP contribution in [0.5, 0.6) is 0 Å². The van der Waals surface area contributed by atoms with Crippen molar-refractivity contribution < 1.29 is 14.3 Å². The van der Waals surface area contributed by atoms with Gasteiger partial charge in [-0.15, -0.1) is 24.0 Å². The highest BCUT2D eigenvalue weighted by Crippen LogP contribution is 2.32. The number of amides is 1. The zero-order chi connectivity index (χ0) is 18.1. The summed E-state index contributed by atoms with van der Waals surface area (Å²) in [4.78, 5) is 18.5. The summed E-state index contributed by atoms with van der Waals surface area (Å²) in [7, 11) is 2.02. The minimum atomic E-state index is -0.346. The molecule has 0 bridgehead atoms. The molecular weight excluding hydrogens is 447 g/mol. The van der Waals surface area contributed by atoms with Gasteiger partial charge in [0.05, 0.1) is 25.8 Å². The molecule has 0 aromatic carbocycles. The molecule has 2 fully saturated rings. The highest BCUT2D eigenvalue weighted by Gasteiger charge is 2.32. The SMILES string of the molecule is CCNC(=NCC(NC(=O)OCC)C1CC1)N(C)CCOCC1CC1.I. The van der Waals surface area contributed by atoms with E-state index in [1.54, 1.807) is 0 Å². The molecule has 2 rings (SSSR count). The van der Waals surface area contributed by atoms with Crippen LogP contribution in [0.4, 0.5) is 4.79 Å². The first kappa shape index (κ1) is 23.3. The van der Waals surface area contributed by atoms with E-state index in [1.165, 1.54) is 12.8 Å². The van der Waals surface area contributed by atoms with Gasteiger partial charge in [0.1, 0.15) is 0 Å². The Balaban J connectivity index is 0.00000338. The number of rotatable bonds is 11. The Kier molecular flexibility index (Phi) is 11.3. The van der Waals surface area contributed by atoms with E-state index in [1.807, 2.05) is 14.0 Å². The zero-order valence-corrected chi connectivity index (χ0v) is 18.7. The zero-order valence-electron chi connectivity index (χ0n) is 16.3. The van der Waals surface area contributed by atoms with Gasteiger partial charge in [0.2, 0.25) is 0 Å². The fourth-order valence-electron chi connectivity index (χ4n) is 2.63. The largest absolute Gasteiger partial charge is 0.450 e. The van der Waals surface area contributed by atoms with Gasteiger partial charge < -0.3 is 25.0 Å². The van der Waals surface area contributed by atoms with Gasteiger partial charge in [-0.2, -0.15) is 0 Å². The molecule has 1 atom stereocenters. The van der Waals surface area contributed by atoms with Crippen molar-refractivity contribution in [2.45, 2.75) is 45.6 Å². The molecule has 2 saturated carbocycles. The summed E-state index contributed by atoms with van der Waals surface area (Å²) in [6.45, 7) is 8.04. The van der Waals surface area contributed by atoms with E-state index in [2.05, 4.69) is 22.5 Å². The molecule has 152 valence electrons. The van der Waals surface area contributed by atoms with Gasteiger partial charge in [-0.25, -0.2) is 4.79 Å². The smallest absolute Gasteiger partial charge is 0.407 e. The molecule has 26 heavy (non-hydrogen) atoms. The topological polar surface area (TPSA) is 75.2 Å². The molecule has 0 aliphatic heterocycles. The molecule has 0 aromatic heterocycles. The van der Waals surface area contributed by atoms with Crippen LogP contribution in [0.15, 0.2) is 4.99 Å². The van der Waals surface area contributed by atoms with Gasteiger partial charge in [0, 0.05) is 26.7 Å². The van der Waals surface area contributed by atoms with Gasteiger partial charge >= 0.3 is 6.09 Å². The van der Waals surface area contributed by atoms with E-state index < -0.39 is 0 Å². The maximum absolute atomic E-state index is 11.7. The lowest BCUT2D eigenvalue weighted by molar-refractivity contribution is 0.115. The molecule has 8 heteroatoms. The van der Waals surface area contributed by atoms with Crippen molar-refractivity contribution >= 4 is 36.0 Å². The lowest BCUT2D eigenvalue weighted by Crippen LogP contribution is -2.43. The molecule has 2 aliphatic carbocycles. The summed E-state index contributed by atoms with van der Waals surface area (Å²) in [6.07, 6.45) is 4.58. The van der Waals surface area contributed by atoms with E-state index in [0.717, 1.165) is 44.4 Å². The van der Waals surface area contributed by atoms with E-state index in [9.17, 15) is 4.79 Å². The second kappa shape index (κ2) is 12.6. The summed E-state index contributed by atoms with van der Waals surface area (Å²) in [5, 5.41) is 6.26. The summed E-state index contributed by atoms with van der Waals surface area (Å²) in [6, 6.07) is 0.0484. The molecule has 2 aliphatic rings. The number of halogens is 1. The summed E-state index contributed by atoms with van der Waals surface area (Å²) in [5.74, 6) is 2.16. The number of hydrogen-bond acceptors (Lipinski definition) is 4. The van der Waals surface area contributed by atoms with Crippen molar-refractivity contribution in [1.82, 2.24) is 15.5 Å². The van der Waals surface area contributed by atoms with E-state index in [0.29, 0.717) is 25.7 Å². The second-order valence-electron chi connectivity index (χ2n) is 6.94. The average molecular weight is 482 g/mol. The molecule has 0 heterocycles. The molecule has 0 aromatic rings. The van der Waals surface area contributed by atoms with Crippen molar-refractivity contribution in [2.24, 2.45) is 16.8 Å². The lowest BCUT2D eigenvalue weighted by atomic mass is 10.2. The molecule has 0 saturated heterocycles. The number of ether oxygens (including phenoxy) is 2. The summed E-state index contributed by atoms with van der Waals surface area (Å²) >= 11 is 0. The van der Waals surface area contributed by atoms with Gasteiger partial charge in [0.25, 0.3) is 0 Å². The average Bonchev–Trinajstić information content (AvgIpc) is 3.47. The van der Waals surface area contributed by atoms with E-state index >= 15 is 0 Å². The van der Waals surface area contributed by atoms with Crippen molar-refractivity contribution in [1.29, 1.82) is 0 Å². The Morgan fingerprint density at radius 1 is 1.27 bits per heavy atom. The number of alkyl carbamates (subject to hydrolysis) is 1. The van der Waals surface area contributed by atoms with Crippen LogP contribution in [0.3, 0.4) is 0 Å². The Bertz CT molecular complexity index is 442. The molecule has 0 spiro atoms. The highest BCUT2D eigenvalue weighted by atomic mass is 127. The maximum atomic E-state index is 11.7. The molecule has 1 amide bonds. The minimum Gasteiger partial charge on any atom is -0.450 e. The Labute approximate surface area is 174 Å². The van der Waals surface area contributed by atoms with Crippen molar-refractivity contribution in [3.8, 4) is 0 Å². The standard InChI is InChI=1S/C18H34N4O3.HI/c1-4-19-17(22(3)10-11-24-13-14-6-7-14)20-12-16(15-8-9-15)21-18(23)25-5-2;/h14-16H,4-13H2,1-3H3,(H,19,20)(H,21,23);1H. The number of hydrogen-bond donors (Lipinski definition) is 2. The van der Waals surface area contributed by atoms with Crippen LogP contribution in [0.2, 0.25) is 0 Å². The van der Waals surface area contributed by atoms with Crippen LogP contribution < -0.4 is 10.6 Å². The minimum absolute atomic E-state index is 0. The first-order valence-corrected chi connectivity index (χ1v) is 9.64. The molecule has 7 nitrogen and oxygen atoms in total. The molecular formula is C18H35IN4O3. The van der Waals surface area contributed by atoms with Crippen LogP contribution >= 0.6 is 24.0 Å². The first-order valence-electron chi connectivity index (χ1n) is 9.64. The van der Waals surface area contributed by atoms with Crippen LogP contribution in [0.1, 0.15) is 39.5 Å². The summed E-state index contributed by atoms with van der Waals surface area (Å²) in [5.41, 5.74) is 0. The first-order chi connectivity index (χ1) is 12.1. The second-order valence-corrected chi connectivity index (χ2v) is 6.94. The third-order valence-electron chi connectivity index (χ3n) is 4.53. The normalized spacial score (nSPS) is 17.9. The molecule has 0 radical (unpaired) electrons. The maximum Gasteiger partial charge on any atom is 0.407 e. The predicted molar refractivity (Wildman–Crippen MR) is 114 cm³/mol. The third kappa shape index (κ3) is 9.25. The van der Waals surface area contributed by atoms with Gasteiger partial charge in [-0.05, 0) is 51.4 Å². The fraction of sp³-hybridized carbons (Fsp3) is 0.889. The molecule has 1 unspecified atom stereocenters. The van der Waals surface area contributed by atoms with Gasteiger partial charge in [-0.3, -0.25) is 4.99 Å². The number of nitrogens with one attached hydrogen (secondary N) is 2. The Morgan fingerprint density at radius 3 is 2.58 bits per heavy atom. The lowest BCUT2D eigenvalue weighted by Gasteiger charge is -2.23. The number of carbonyl (C=O) groups excluding carboxylic acids is 1. The quantitative estimate of drug-likeness (QED) is 0.205. The van der Waals surface area contributed by atoms with Crippen molar-refractivity contribution in [2.75, 3.05) is 46.5 Å². The summed E-state index contributed by atoms with van der Waals surface area (Å²) < 4.78 is 10.7. The van der Waals surface area contributed by atoms with Crippen LogP contribution in [0, 0.1) is 11.8 Å². The van der Waals surface area contributed by atoms with Gasteiger partial charge in [0.15, 0.2) is 5.96 Å². The van der Waals surface area contributed by atoms with Crippen LogP contribution in [0.25, 0.3) is 0 Å². The van der Waals surface area contributed by atoms with Crippen LogP contribution in [-0.4, -0.2) is 69.5 Å².